The predicted octanol–water partition coefficient (Wildman–Crippen LogP) is 0.736. The van der Waals surface area contributed by atoms with Crippen LogP contribution in [0.15, 0.2) is 36.7 Å². The Hall–Kier alpha value is -2.17. The second-order valence-electron chi connectivity index (χ2n) is 9.55. The van der Waals surface area contributed by atoms with E-state index in [4.69, 9.17) is 21.1 Å². The van der Waals surface area contributed by atoms with Crippen LogP contribution in [0.5, 0.6) is 11.6 Å². The van der Waals surface area contributed by atoms with Crippen molar-refractivity contribution in [3.8, 4) is 22.9 Å². The van der Waals surface area contributed by atoms with E-state index in [0.29, 0.717) is 52.3 Å². The van der Waals surface area contributed by atoms with Gasteiger partial charge < -0.3 is 19.7 Å². The van der Waals surface area contributed by atoms with Gasteiger partial charge in [0.2, 0.25) is 5.88 Å². The Kier molecular flexibility index (Phi) is 12.3. The first-order valence-electron chi connectivity index (χ1n) is 12.3. The molecule has 2 aromatic heterocycles. The molecule has 0 saturated heterocycles. The minimum Gasteiger partial charge on any atom is -0.508 e. The number of halogens is 1. The Morgan fingerprint density at radius 3 is 2.49 bits per heavy atom. The first kappa shape index (κ1) is 33.0. The number of pyridine rings is 1. The van der Waals surface area contributed by atoms with Crippen LogP contribution in [-0.4, -0.2) is 53.8 Å². The number of benzene rings is 1. The average molecular weight is 564 g/mol. The number of hydrogen-bond acceptors (Lipinski definition) is 8. The number of nitrogens with zero attached hydrogens (tertiary/aromatic N) is 3. The normalized spacial score (nSPS) is 14.8. The number of hydrogen-bond donors (Lipinski definition) is 2. The number of phenols is 1. The Bertz CT molecular complexity index is 1290. The van der Waals surface area contributed by atoms with Crippen molar-refractivity contribution >= 4 is 26.0 Å². The molecule has 204 valence electrons. The number of aliphatic hydroxyl groups excluding tert-OH is 1. The molecule has 0 amide bonds. The number of methoxy groups -OCH3 is 2. The zero-order chi connectivity index (χ0) is 26.7. The summed E-state index contributed by atoms with van der Waals surface area (Å²) in [7, 11) is 2.93. The van der Waals surface area contributed by atoms with Gasteiger partial charge in [0.1, 0.15) is 5.75 Å². The first-order chi connectivity index (χ1) is 17.7. The number of esters is 1. The maximum absolute atomic E-state index is 12.2. The summed E-state index contributed by atoms with van der Waals surface area (Å²) in [4.78, 5) is 25.3. The van der Waals surface area contributed by atoms with Crippen molar-refractivity contribution in [2.45, 2.75) is 51.6 Å². The van der Waals surface area contributed by atoms with Gasteiger partial charge in [0.25, 0.3) is 0 Å². The molecular weight excluding hydrogens is 528 g/mol. The molecule has 3 aromatic rings. The summed E-state index contributed by atoms with van der Waals surface area (Å²) >= 11 is 6.28. The van der Waals surface area contributed by atoms with Gasteiger partial charge in [-0.3, -0.25) is 9.78 Å². The van der Waals surface area contributed by atoms with Crippen LogP contribution in [0.1, 0.15) is 60.7 Å². The Balaban J connectivity index is 0.00000267. The summed E-state index contributed by atoms with van der Waals surface area (Å²) in [5.74, 6) is 0.495. The first-order valence-corrected chi connectivity index (χ1v) is 12.7. The minimum absolute atomic E-state index is 0. The topological polar surface area (TPSA) is 115 Å². The van der Waals surface area contributed by atoms with Crippen molar-refractivity contribution in [2.75, 3.05) is 14.2 Å². The van der Waals surface area contributed by atoms with Crippen molar-refractivity contribution in [3.63, 3.8) is 0 Å². The van der Waals surface area contributed by atoms with Crippen LogP contribution in [0.25, 0.3) is 11.3 Å². The third kappa shape index (κ3) is 7.73. The van der Waals surface area contributed by atoms with Gasteiger partial charge >= 0.3 is 35.5 Å². The fraction of sp³-hybridized carbons (Fsp3) is 0.429. The molecule has 1 aliphatic carbocycles. The summed E-state index contributed by atoms with van der Waals surface area (Å²) in [6, 6.07) is 7.28. The number of ether oxygens (including phenoxy) is 2. The molecule has 0 radical (unpaired) electrons. The summed E-state index contributed by atoms with van der Waals surface area (Å²) in [5.41, 5.74) is 3.91. The third-order valence-electron chi connectivity index (χ3n) is 7.04. The summed E-state index contributed by atoms with van der Waals surface area (Å²) in [5, 5.41) is 22.0. The summed E-state index contributed by atoms with van der Waals surface area (Å²) in [6.45, 7) is 3.66. The molecule has 11 heteroatoms. The van der Waals surface area contributed by atoms with Gasteiger partial charge in [-0.25, -0.2) is 9.97 Å². The Labute approximate surface area is 258 Å². The van der Waals surface area contributed by atoms with E-state index in [1.165, 1.54) is 20.4 Å². The molecule has 4 rings (SSSR count). The van der Waals surface area contributed by atoms with Crippen molar-refractivity contribution in [3.05, 3.63) is 64.2 Å². The number of aryl methyl sites for hydroxylation is 2. The van der Waals surface area contributed by atoms with Gasteiger partial charge in [0, 0.05) is 11.6 Å². The van der Waals surface area contributed by atoms with Crippen LogP contribution in [0, 0.1) is 18.8 Å². The smallest absolute Gasteiger partial charge is 0.508 e. The number of carbonyl (C=O) groups excluding carboxylic acids is 1. The van der Waals surface area contributed by atoms with Crippen LogP contribution in [0.2, 0.25) is 5.02 Å². The van der Waals surface area contributed by atoms with Gasteiger partial charge in [-0.05, 0) is 61.6 Å². The Morgan fingerprint density at radius 2 is 1.90 bits per heavy atom. The number of carbonyl (C=O) groups is 1. The quantitative estimate of drug-likeness (QED) is 0.274. The van der Waals surface area contributed by atoms with Crippen LogP contribution in [0.4, 0.5) is 0 Å². The molecular formula is C28H36BClN3NaO5. The fourth-order valence-electron chi connectivity index (χ4n) is 4.86. The van der Waals surface area contributed by atoms with Gasteiger partial charge in [0.05, 0.1) is 60.7 Å². The molecule has 1 aliphatic rings. The molecule has 2 N–H and O–H groups in total. The number of phenolic OH excluding ortho intramolecular Hbond substituents is 1. The molecule has 3 atom stereocenters. The predicted molar refractivity (Wildman–Crippen MR) is 151 cm³/mol. The molecule has 0 aliphatic heterocycles. The molecule has 39 heavy (non-hydrogen) atoms. The van der Waals surface area contributed by atoms with E-state index in [2.05, 4.69) is 15.0 Å². The maximum Gasteiger partial charge on any atom is 1.00 e. The van der Waals surface area contributed by atoms with Crippen molar-refractivity contribution < 1.29 is 54.0 Å². The van der Waals surface area contributed by atoms with Crippen LogP contribution >= 0.6 is 11.6 Å². The number of aromatic hydroxyl groups is 1. The van der Waals surface area contributed by atoms with E-state index in [0.717, 1.165) is 24.0 Å². The van der Waals surface area contributed by atoms with Crippen LogP contribution in [0.3, 0.4) is 0 Å². The van der Waals surface area contributed by atoms with Crippen LogP contribution < -0.4 is 34.3 Å². The third-order valence-corrected chi connectivity index (χ3v) is 7.34. The number of aliphatic hydroxyl groups is 1. The largest absolute Gasteiger partial charge is 1.00 e. The van der Waals surface area contributed by atoms with Gasteiger partial charge in [0.15, 0.2) is 0 Å². The van der Waals surface area contributed by atoms with Gasteiger partial charge in [-0.15, -0.1) is 0 Å². The maximum atomic E-state index is 12.2. The number of rotatable bonds is 10. The van der Waals surface area contributed by atoms with E-state index in [1.54, 1.807) is 25.3 Å². The van der Waals surface area contributed by atoms with Gasteiger partial charge in [-0.2, -0.15) is 0 Å². The average Bonchev–Trinajstić information content (AvgIpc) is 3.73. The summed E-state index contributed by atoms with van der Waals surface area (Å²) in [6.07, 6.45) is 5.15. The van der Waals surface area contributed by atoms with Crippen LogP contribution in [-0.2, 0) is 16.0 Å². The number of aromatic nitrogens is 3. The van der Waals surface area contributed by atoms with Crippen molar-refractivity contribution in [1.82, 2.24) is 15.0 Å². The second-order valence-corrected chi connectivity index (χ2v) is 9.96. The van der Waals surface area contributed by atoms with E-state index in [9.17, 15) is 15.0 Å². The second kappa shape index (κ2) is 14.5. The monoisotopic (exact) mass is 563 g/mol. The van der Waals surface area contributed by atoms with Crippen molar-refractivity contribution in [1.29, 1.82) is 0 Å². The molecule has 1 fully saturated rings. The van der Waals surface area contributed by atoms with E-state index >= 15 is 0 Å². The van der Waals surface area contributed by atoms with Crippen molar-refractivity contribution in [2.24, 2.45) is 11.8 Å². The van der Waals surface area contributed by atoms with Gasteiger partial charge in [-0.1, -0.05) is 39.1 Å². The molecule has 0 spiro atoms. The minimum atomic E-state index is -0.860. The molecule has 0 bridgehead atoms. The molecule has 2 heterocycles. The SMILES string of the molecule is COC(=O)C(C)C(c1ccc(CCC(O)c2ncc(-c3cc(OC)ncc3Cl)nc2C)c(O)c1)C1CC1.[BH4-].[Na+]. The van der Waals surface area contributed by atoms with E-state index in [1.807, 2.05) is 19.1 Å². The zero-order valence-electron chi connectivity index (χ0n) is 22.4. The molecule has 1 aromatic carbocycles. The zero-order valence-corrected chi connectivity index (χ0v) is 25.2. The molecule has 8 nitrogen and oxygen atoms in total. The standard InChI is InChI=1S/C28H32ClN3O5.BH4.Na/c1-15(28(35)37-4)26(18-6-7-18)19-8-5-17(24(34)11-19)9-10-23(33)27-16(2)32-22(14-31-27)20-12-25(36-3)30-13-21(20)29;;/h5,8,11-15,18,23,26,33-34H,6-7,9-10H2,1-4H3;1H4;/q;-1;+1. The van der Waals surface area contributed by atoms with E-state index < -0.39 is 6.10 Å². The molecule has 1 saturated carbocycles. The summed E-state index contributed by atoms with van der Waals surface area (Å²) < 4.78 is 10.1. The Morgan fingerprint density at radius 1 is 1.18 bits per heavy atom. The van der Waals surface area contributed by atoms with E-state index in [-0.39, 0.29) is 61.5 Å². The molecule has 3 unspecified atom stereocenters. The fourth-order valence-corrected chi connectivity index (χ4v) is 5.06.